The Morgan fingerprint density at radius 1 is 1.30 bits per heavy atom. The van der Waals surface area contributed by atoms with Gasteiger partial charge in [0.05, 0.1) is 28.5 Å². The van der Waals surface area contributed by atoms with Crippen molar-refractivity contribution in [1.29, 1.82) is 0 Å². The molecule has 1 heterocycles. The zero-order valence-electron chi connectivity index (χ0n) is 16.5. The molecule has 0 aromatic heterocycles. The lowest BCUT2D eigenvalue weighted by Crippen LogP contribution is -2.48. The third kappa shape index (κ3) is 7.03. The average Bonchev–Trinajstić information content (AvgIpc) is 2.74. The predicted octanol–water partition coefficient (Wildman–Crippen LogP) is 2.96. The second kappa shape index (κ2) is 11.2. The first kappa shape index (κ1) is 23.2. The number of benzene rings is 1. The number of carbonyl (C=O) groups excluding carboxylic acids is 2. The highest BCUT2D eigenvalue weighted by molar-refractivity contribution is 8.00. The third-order valence-electron chi connectivity index (χ3n) is 4.94. The second-order valence-electron chi connectivity index (χ2n) is 7.30. The highest BCUT2D eigenvalue weighted by Gasteiger charge is 2.24. The van der Waals surface area contributed by atoms with Gasteiger partial charge in [0.25, 0.3) is 0 Å². The number of hydrogen-bond acceptors (Lipinski definition) is 5. The number of carbonyl (C=O) groups is 2. The van der Waals surface area contributed by atoms with Gasteiger partial charge in [0.15, 0.2) is 0 Å². The van der Waals surface area contributed by atoms with Crippen molar-refractivity contribution in [3.05, 3.63) is 52.0 Å². The lowest BCUT2D eigenvalue weighted by Gasteiger charge is -2.35. The van der Waals surface area contributed by atoms with Crippen LogP contribution in [0.5, 0.6) is 0 Å². The molecule has 3 N–H and O–H groups in total. The summed E-state index contributed by atoms with van der Waals surface area (Å²) in [5.41, 5.74) is 5.72. The number of morpholine rings is 1. The van der Waals surface area contributed by atoms with Crippen LogP contribution in [-0.4, -0.2) is 61.4 Å². The van der Waals surface area contributed by atoms with Gasteiger partial charge >= 0.3 is 0 Å². The molecule has 1 unspecified atom stereocenters. The van der Waals surface area contributed by atoms with Crippen molar-refractivity contribution < 1.29 is 14.3 Å². The molecule has 2 atom stereocenters. The molecule has 0 radical (unpaired) electrons. The number of thioether (sulfide) groups is 1. The highest BCUT2D eigenvalue weighted by atomic mass is 35.5. The fraction of sp³-hybridized carbons (Fsp3) is 0.429. The van der Waals surface area contributed by atoms with E-state index in [1.807, 2.05) is 18.2 Å². The Kier molecular flexibility index (Phi) is 8.65. The van der Waals surface area contributed by atoms with Gasteiger partial charge in [-0.05, 0) is 30.5 Å². The molecule has 2 aliphatic rings. The van der Waals surface area contributed by atoms with E-state index in [9.17, 15) is 9.59 Å². The molecule has 0 bridgehead atoms. The molecule has 6 nitrogen and oxygen atoms in total. The lowest BCUT2D eigenvalue weighted by atomic mass is 9.99. The number of hydrogen-bond donors (Lipinski definition) is 2. The van der Waals surface area contributed by atoms with Crippen LogP contribution >= 0.6 is 35.0 Å². The van der Waals surface area contributed by atoms with Gasteiger partial charge in [-0.1, -0.05) is 41.4 Å². The van der Waals surface area contributed by atoms with E-state index in [2.05, 4.69) is 10.2 Å². The normalized spacial score (nSPS) is 22.2. The molecular weight excluding hydrogens is 445 g/mol. The van der Waals surface area contributed by atoms with Crippen molar-refractivity contribution in [2.24, 2.45) is 11.7 Å². The van der Waals surface area contributed by atoms with Crippen LogP contribution in [0.4, 0.5) is 0 Å². The van der Waals surface area contributed by atoms with Crippen LogP contribution in [-0.2, 0) is 9.53 Å². The maximum Gasteiger partial charge on any atom is 0.248 e. The minimum Gasteiger partial charge on any atom is -0.374 e. The number of primary amides is 1. The fourth-order valence-electron chi connectivity index (χ4n) is 3.40. The summed E-state index contributed by atoms with van der Waals surface area (Å²) in [6, 6.07) is 6.95. The van der Waals surface area contributed by atoms with E-state index in [1.54, 1.807) is 18.2 Å². The maximum absolute atomic E-state index is 12.2. The van der Waals surface area contributed by atoms with Crippen LogP contribution in [0.2, 0.25) is 0 Å². The number of nitrogens with zero attached hydrogens (tertiary/aromatic N) is 1. The van der Waals surface area contributed by atoms with Gasteiger partial charge in [0.1, 0.15) is 0 Å². The SMILES string of the molecule is NC(=O)c1cccc(SCC(=O)NC[C@H]2CN(CC3C=C(Cl)C(Cl)=CC3)CCO2)c1. The quantitative estimate of drug-likeness (QED) is 0.571. The summed E-state index contributed by atoms with van der Waals surface area (Å²) in [5.74, 6) is 0.0378. The minimum absolute atomic E-state index is 0.0481. The van der Waals surface area contributed by atoms with Gasteiger partial charge in [0, 0.05) is 36.6 Å². The zero-order chi connectivity index (χ0) is 21.5. The van der Waals surface area contributed by atoms with E-state index in [1.165, 1.54) is 11.8 Å². The number of nitrogens with two attached hydrogens (primary N) is 1. The van der Waals surface area contributed by atoms with E-state index in [-0.39, 0.29) is 17.8 Å². The van der Waals surface area contributed by atoms with Crippen LogP contribution in [0.25, 0.3) is 0 Å². The molecule has 0 spiro atoms. The Morgan fingerprint density at radius 2 is 2.13 bits per heavy atom. The van der Waals surface area contributed by atoms with Crippen molar-refractivity contribution in [3.8, 4) is 0 Å². The first-order chi connectivity index (χ1) is 14.4. The Morgan fingerprint density at radius 3 is 2.90 bits per heavy atom. The summed E-state index contributed by atoms with van der Waals surface area (Å²) >= 11 is 13.5. The number of nitrogens with one attached hydrogen (secondary N) is 1. The Labute approximate surface area is 190 Å². The monoisotopic (exact) mass is 469 g/mol. The van der Waals surface area contributed by atoms with Crippen molar-refractivity contribution in [3.63, 3.8) is 0 Å². The Bertz CT molecular complexity index is 847. The summed E-state index contributed by atoms with van der Waals surface area (Å²) in [6.45, 7) is 3.60. The molecule has 1 saturated heterocycles. The van der Waals surface area contributed by atoms with Crippen LogP contribution < -0.4 is 11.1 Å². The molecule has 1 aromatic carbocycles. The van der Waals surface area contributed by atoms with E-state index in [4.69, 9.17) is 33.7 Å². The molecular formula is C21H25Cl2N3O3S. The topological polar surface area (TPSA) is 84.7 Å². The van der Waals surface area contributed by atoms with Gasteiger partial charge < -0.3 is 15.8 Å². The van der Waals surface area contributed by atoms with Gasteiger partial charge in [-0.3, -0.25) is 14.5 Å². The minimum atomic E-state index is -0.481. The van der Waals surface area contributed by atoms with E-state index < -0.39 is 5.91 Å². The smallest absolute Gasteiger partial charge is 0.248 e. The van der Waals surface area contributed by atoms with Crippen LogP contribution in [0, 0.1) is 5.92 Å². The summed E-state index contributed by atoms with van der Waals surface area (Å²) in [6.07, 6.45) is 4.81. The molecule has 9 heteroatoms. The van der Waals surface area contributed by atoms with Gasteiger partial charge in [-0.25, -0.2) is 0 Å². The predicted molar refractivity (Wildman–Crippen MR) is 121 cm³/mol. The molecule has 1 fully saturated rings. The third-order valence-corrected chi connectivity index (χ3v) is 6.72. The molecule has 3 rings (SSSR count). The molecule has 162 valence electrons. The molecule has 2 amide bonds. The molecule has 0 saturated carbocycles. The summed E-state index contributed by atoms with van der Waals surface area (Å²) in [7, 11) is 0. The summed E-state index contributed by atoms with van der Waals surface area (Å²) < 4.78 is 5.80. The number of rotatable bonds is 8. The zero-order valence-corrected chi connectivity index (χ0v) is 18.8. The van der Waals surface area contributed by atoms with E-state index >= 15 is 0 Å². The Hall–Kier alpha value is -1.51. The van der Waals surface area contributed by atoms with Gasteiger partial charge in [-0.15, -0.1) is 11.8 Å². The number of halogens is 2. The maximum atomic E-state index is 12.2. The molecule has 30 heavy (non-hydrogen) atoms. The van der Waals surface area contributed by atoms with Crippen molar-refractivity contribution >= 4 is 46.8 Å². The van der Waals surface area contributed by atoms with E-state index in [0.29, 0.717) is 34.7 Å². The van der Waals surface area contributed by atoms with Crippen molar-refractivity contribution in [2.75, 3.05) is 38.5 Å². The van der Waals surface area contributed by atoms with Crippen LogP contribution in [0.1, 0.15) is 16.8 Å². The first-order valence-electron chi connectivity index (χ1n) is 9.77. The molecule has 1 aliphatic heterocycles. The Balaban J connectivity index is 1.39. The largest absolute Gasteiger partial charge is 0.374 e. The highest BCUT2D eigenvalue weighted by Crippen LogP contribution is 2.29. The molecule has 1 aliphatic carbocycles. The van der Waals surface area contributed by atoms with Gasteiger partial charge in [-0.2, -0.15) is 0 Å². The average molecular weight is 470 g/mol. The summed E-state index contributed by atoms with van der Waals surface area (Å²) in [4.78, 5) is 26.6. The first-order valence-corrected chi connectivity index (χ1v) is 11.5. The van der Waals surface area contributed by atoms with Gasteiger partial charge in [0.2, 0.25) is 11.8 Å². The molecule has 1 aromatic rings. The van der Waals surface area contributed by atoms with Crippen LogP contribution in [0.15, 0.2) is 51.4 Å². The second-order valence-corrected chi connectivity index (χ2v) is 9.16. The standard InChI is InChI=1S/C21H25Cl2N3O3S/c22-18-5-4-14(8-19(18)23)11-26-6-7-29-16(12-26)10-25-20(27)13-30-17-3-1-2-15(9-17)21(24)28/h1-3,5,8-9,14,16H,4,6-7,10-13H2,(H2,24,28)(H,25,27)/t14?,16-/m0/s1. The van der Waals surface area contributed by atoms with E-state index in [0.717, 1.165) is 31.0 Å². The summed E-state index contributed by atoms with van der Waals surface area (Å²) in [5, 5.41) is 4.17. The number of amides is 2. The lowest BCUT2D eigenvalue weighted by molar-refractivity contribution is -0.119. The fourth-order valence-corrected chi connectivity index (χ4v) is 4.59. The van der Waals surface area contributed by atoms with Crippen molar-refractivity contribution in [1.82, 2.24) is 10.2 Å². The van der Waals surface area contributed by atoms with Crippen molar-refractivity contribution in [2.45, 2.75) is 17.4 Å². The number of allylic oxidation sites excluding steroid dienone is 3. The number of ether oxygens (including phenoxy) is 1. The van der Waals surface area contributed by atoms with Crippen LogP contribution in [0.3, 0.4) is 0 Å².